The van der Waals surface area contributed by atoms with E-state index >= 15 is 0 Å². The first-order valence-electron chi connectivity index (χ1n) is 8.83. The first-order chi connectivity index (χ1) is 13.0. The third-order valence-electron chi connectivity index (χ3n) is 4.02. The number of alkyl halides is 2. The van der Waals surface area contributed by atoms with Gasteiger partial charge in [0.15, 0.2) is 0 Å². The SMILES string of the molecule is CCN(CC)CCOc1ccccc1NC(=O)c1cccc(OC(F)F)c1. The summed E-state index contributed by atoms with van der Waals surface area (Å²) in [6.45, 7) is 4.38. The fourth-order valence-corrected chi connectivity index (χ4v) is 2.53. The number of nitrogens with zero attached hydrogens (tertiary/aromatic N) is 1. The summed E-state index contributed by atoms with van der Waals surface area (Å²) in [5, 5.41) is 2.75. The lowest BCUT2D eigenvalue weighted by Crippen LogP contribution is -2.28. The lowest BCUT2D eigenvalue weighted by molar-refractivity contribution is -0.0498. The highest BCUT2D eigenvalue weighted by Crippen LogP contribution is 2.25. The van der Waals surface area contributed by atoms with E-state index in [1.165, 1.54) is 24.3 Å². The maximum atomic E-state index is 12.5. The largest absolute Gasteiger partial charge is 0.490 e. The Kier molecular flexibility index (Phi) is 8.00. The normalized spacial score (nSPS) is 10.9. The number of amides is 1. The predicted molar refractivity (Wildman–Crippen MR) is 101 cm³/mol. The molecule has 146 valence electrons. The maximum Gasteiger partial charge on any atom is 0.387 e. The van der Waals surface area contributed by atoms with Crippen molar-refractivity contribution in [2.75, 3.05) is 31.6 Å². The van der Waals surface area contributed by atoms with E-state index < -0.39 is 12.5 Å². The van der Waals surface area contributed by atoms with Gasteiger partial charge in [-0.3, -0.25) is 4.79 Å². The topological polar surface area (TPSA) is 50.8 Å². The minimum Gasteiger partial charge on any atom is -0.490 e. The summed E-state index contributed by atoms with van der Waals surface area (Å²) in [5.41, 5.74) is 0.730. The molecule has 0 bridgehead atoms. The Morgan fingerprint density at radius 2 is 1.85 bits per heavy atom. The van der Waals surface area contributed by atoms with Crippen LogP contribution < -0.4 is 14.8 Å². The molecule has 1 N–H and O–H groups in total. The lowest BCUT2D eigenvalue weighted by atomic mass is 10.2. The summed E-state index contributed by atoms with van der Waals surface area (Å²) in [6.07, 6.45) is 0. The average Bonchev–Trinajstić information content (AvgIpc) is 2.66. The highest BCUT2D eigenvalue weighted by molar-refractivity contribution is 6.05. The van der Waals surface area contributed by atoms with Gasteiger partial charge in [-0.15, -0.1) is 0 Å². The highest BCUT2D eigenvalue weighted by atomic mass is 19.3. The molecule has 27 heavy (non-hydrogen) atoms. The van der Waals surface area contributed by atoms with Crippen LogP contribution in [0.1, 0.15) is 24.2 Å². The molecule has 2 aromatic carbocycles. The number of likely N-dealkylation sites (N-methyl/N-ethyl adjacent to an activating group) is 1. The van der Waals surface area contributed by atoms with Crippen molar-refractivity contribution >= 4 is 11.6 Å². The van der Waals surface area contributed by atoms with Crippen molar-refractivity contribution < 1.29 is 23.0 Å². The second kappa shape index (κ2) is 10.5. The average molecular weight is 378 g/mol. The smallest absolute Gasteiger partial charge is 0.387 e. The van der Waals surface area contributed by atoms with Crippen LogP contribution in [-0.4, -0.2) is 43.7 Å². The van der Waals surface area contributed by atoms with Gasteiger partial charge in [0.25, 0.3) is 5.91 Å². The molecule has 0 unspecified atom stereocenters. The molecule has 0 saturated carbocycles. The van der Waals surface area contributed by atoms with Gasteiger partial charge in [0.05, 0.1) is 5.69 Å². The minimum absolute atomic E-state index is 0.0681. The number of benzene rings is 2. The molecule has 0 radical (unpaired) electrons. The first kappa shape index (κ1) is 20.6. The summed E-state index contributed by atoms with van der Waals surface area (Å²) < 4.78 is 34.8. The molecule has 0 atom stereocenters. The van der Waals surface area contributed by atoms with Gasteiger partial charge in [-0.2, -0.15) is 8.78 Å². The fourth-order valence-electron chi connectivity index (χ4n) is 2.53. The molecular weight excluding hydrogens is 354 g/mol. The second-order valence-corrected chi connectivity index (χ2v) is 5.73. The number of anilines is 1. The van der Waals surface area contributed by atoms with Crippen molar-refractivity contribution in [3.63, 3.8) is 0 Å². The Balaban J connectivity index is 2.03. The molecule has 0 heterocycles. The van der Waals surface area contributed by atoms with E-state index in [9.17, 15) is 13.6 Å². The predicted octanol–water partition coefficient (Wildman–Crippen LogP) is 4.26. The van der Waals surface area contributed by atoms with Crippen molar-refractivity contribution in [3.05, 3.63) is 54.1 Å². The zero-order valence-corrected chi connectivity index (χ0v) is 15.5. The summed E-state index contributed by atoms with van der Waals surface area (Å²) in [4.78, 5) is 14.7. The highest BCUT2D eigenvalue weighted by Gasteiger charge is 2.12. The van der Waals surface area contributed by atoms with Gasteiger partial charge in [0.1, 0.15) is 18.1 Å². The number of halogens is 2. The lowest BCUT2D eigenvalue weighted by Gasteiger charge is -2.19. The van der Waals surface area contributed by atoms with Gasteiger partial charge in [-0.25, -0.2) is 0 Å². The van der Waals surface area contributed by atoms with Crippen molar-refractivity contribution in [3.8, 4) is 11.5 Å². The monoisotopic (exact) mass is 378 g/mol. The van der Waals surface area contributed by atoms with Crippen molar-refractivity contribution in [1.29, 1.82) is 0 Å². The van der Waals surface area contributed by atoms with E-state index in [-0.39, 0.29) is 11.3 Å². The zero-order valence-electron chi connectivity index (χ0n) is 15.5. The van der Waals surface area contributed by atoms with Gasteiger partial charge in [-0.1, -0.05) is 32.0 Å². The summed E-state index contributed by atoms with van der Waals surface area (Å²) in [5.74, 6) is 0.0499. The standard InChI is InChI=1S/C20H24F2N2O3/c1-3-24(4-2)12-13-26-18-11-6-5-10-17(18)23-19(25)15-8-7-9-16(14-15)27-20(21)22/h5-11,14,20H,3-4,12-13H2,1-2H3,(H,23,25). The summed E-state index contributed by atoms with van der Waals surface area (Å²) in [7, 11) is 0. The molecule has 0 aromatic heterocycles. The number of hydrogen-bond acceptors (Lipinski definition) is 4. The van der Waals surface area contributed by atoms with E-state index in [4.69, 9.17) is 4.74 Å². The number of rotatable bonds is 10. The van der Waals surface area contributed by atoms with E-state index in [2.05, 4.69) is 28.8 Å². The van der Waals surface area contributed by atoms with Crippen LogP contribution in [0.25, 0.3) is 0 Å². The van der Waals surface area contributed by atoms with Gasteiger partial charge in [0.2, 0.25) is 0 Å². The molecular formula is C20H24F2N2O3. The molecule has 0 saturated heterocycles. The minimum atomic E-state index is -2.94. The maximum absolute atomic E-state index is 12.5. The van der Waals surface area contributed by atoms with Crippen molar-refractivity contribution in [2.45, 2.75) is 20.5 Å². The summed E-state index contributed by atoms with van der Waals surface area (Å²) >= 11 is 0. The number of carbonyl (C=O) groups is 1. The van der Waals surface area contributed by atoms with Gasteiger partial charge >= 0.3 is 6.61 Å². The number of carbonyl (C=O) groups excluding carboxylic acids is 1. The second-order valence-electron chi connectivity index (χ2n) is 5.73. The van der Waals surface area contributed by atoms with Gasteiger partial charge in [-0.05, 0) is 43.4 Å². The Bertz CT molecular complexity index is 737. The van der Waals surface area contributed by atoms with Crippen LogP contribution in [0.4, 0.5) is 14.5 Å². The van der Waals surface area contributed by atoms with Crippen LogP contribution in [-0.2, 0) is 0 Å². The molecule has 0 aliphatic rings. The van der Waals surface area contributed by atoms with Crippen LogP contribution in [0.3, 0.4) is 0 Å². The van der Waals surface area contributed by atoms with E-state index in [1.807, 2.05) is 6.07 Å². The van der Waals surface area contributed by atoms with Crippen molar-refractivity contribution in [2.24, 2.45) is 0 Å². The van der Waals surface area contributed by atoms with Crippen LogP contribution in [0, 0.1) is 0 Å². The molecule has 5 nitrogen and oxygen atoms in total. The molecule has 2 aromatic rings. The third-order valence-corrected chi connectivity index (χ3v) is 4.02. The van der Waals surface area contributed by atoms with Crippen molar-refractivity contribution in [1.82, 2.24) is 4.90 Å². The summed E-state index contributed by atoms with van der Waals surface area (Å²) in [6, 6.07) is 12.7. The van der Waals surface area contributed by atoms with Gasteiger partial charge in [0, 0.05) is 12.1 Å². The number of ether oxygens (including phenoxy) is 2. The Morgan fingerprint density at radius 3 is 2.56 bits per heavy atom. The Labute approximate surface area is 157 Å². The van der Waals surface area contributed by atoms with E-state index in [1.54, 1.807) is 18.2 Å². The third kappa shape index (κ3) is 6.53. The first-order valence-corrected chi connectivity index (χ1v) is 8.83. The van der Waals surface area contributed by atoms with Crippen LogP contribution in [0.5, 0.6) is 11.5 Å². The van der Waals surface area contributed by atoms with Crippen LogP contribution in [0.15, 0.2) is 48.5 Å². The fraction of sp³-hybridized carbons (Fsp3) is 0.350. The number of para-hydroxylation sites is 2. The molecule has 0 spiro atoms. The molecule has 7 heteroatoms. The zero-order chi connectivity index (χ0) is 19.6. The molecule has 0 aliphatic carbocycles. The number of nitrogens with one attached hydrogen (secondary N) is 1. The van der Waals surface area contributed by atoms with E-state index in [0.717, 1.165) is 19.6 Å². The Morgan fingerprint density at radius 1 is 1.11 bits per heavy atom. The molecule has 0 fully saturated rings. The molecule has 2 rings (SSSR count). The van der Waals surface area contributed by atoms with Crippen LogP contribution in [0.2, 0.25) is 0 Å². The van der Waals surface area contributed by atoms with Crippen LogP contribution >= 0.6 is 0 Å². The molecule has 0 aliphatic heterocycles. The van der Waals surface area contributed by atoms with Gasteiger partial charge < -0.3 is 19.7 Å². The number of hydrogen-bond donors (Lipinski definition) is 1. The quantitative estimate of drug-likeness (QED) is 0.671. The van der Waals surface area contributed by atoms with E-state index in [0.29, 0.717) is 18.0 Å². The molecule has 1 amide bonds. The Hall–Kier alpha value is -2.67.